The molecule has 0 aliphatic rings. The highest BCUT2D eigenvalue weighted by Gasteiger charge is 2.05. The summed E-state index contributed by atoms with van der Waals surface area (Å²) in [7, 11) is 0. The Morgan fingerprint density at radius 1 is 1.40 bits per heavy atom. The van der Waals surface area contributed by atoms with Gasteiger partial charge in [0.15, 0.2) is 0 Å². The second-order valence-electron chi connectivity index (χ2n) is 3.13. The van der Waals surface area contributed by atoms with Crippen molar-refractivity contribution in [1.82, 2.24) is 4.98 Å². The van der Waals surface area contributed by atoms with Crippen LogP contribution in [0, 0.1) is 0 Å². The molecule has 1 aromatic heterocycles. The molecule has 0 spiro atoms. The van der Waals surface area contributed by atoms with Gasteiger partial charge in [0.1, 0.15) is 0 Å². The Kier molecular flexibility index (Phi) is 2.67. The zero-order valence-electron chi connectivity index (χ0n) is 8.40. The number of hydrogen-bond donors (Lipinski definition) is 0. The molecule has 0 aliphatic carbocycles. The number of hydrogen-bond acceptors (Lipinski definition) is 4. The fourth-order valence-electron chi connectivity index (χ4n) is 1.25. The van der Waals surface area contributed by atoms with Crippen molar-refractivity contribution in [1.29, 1.82) is 0 Å². The number of nitrogens with zero attached hydrogens (tertiary/aromatic N) is 1. The Hall–Kier alpha value is -1.84. The molecule has 0 bridgehead atoms. The Balaban J connectivity index is 2.48. The Bertz CT molecular complexity index is 518. The first-order valence-electron chi connectivity index (χ1n) is 4.84. The van der Waals surface area contributed by atoms with Crippen LogP contribution in [-0.4, -0.2) is 11.6 Å². The maximum Gasteiger partial charge on any atom is 0.397 e. The van der Waals surface area contributed by atoms with E-state index in [0.717, 1.165) is 6.42 Å². The van der Waals surface area contributed by atoms with Gasteiger partial charge in [0, 0.05) is 0 Å². The van der Waals surface area contributed by atoms with Crippen LogP contribution in [0.1, 0.15) is 13.3 Å². The summed E-state index contributed by atoms with van der Waals surface area (Å²) in [4.78, 5) is 15.6. The molecule has 78 valence electrons. The van der Waals surface area contributed by atoms with Crippen LogP contribution in [0.5, 0.6) is 6.08 Å². The molecule has 0 radical (unpaired) electrons. The third-order valence-corrected chi connectivity index (χ3v) is 1.95. The molecule has 0 aliphatic heterocycles. The molecule has 0 amide bonds. The second-order valence-corrected chi connectivity index (χ2v) is 3.13. The smallest absolute Gasteiger partial charge is 0.397 e. The van der Waals surface area contributed by atoms with Gasteiger partial charge in [-0.15, -0.1) is 0 Å². The number of benzene rings is 1. The summed E-state index contributed by atoms with van der Waals surface area (Å²) in [5.41, 5.74) is 0.187. The van der Waals surface area contributed by atoms with Crippen LogP contribution >= 0.6 is 0 Å². The molecular formula is C11H11NO3. The first-order valence-corrected chi connectivity index (χ1v) is 4.84. The van der Waals surface area contributed by atoms with Crippen LogP contribution in [0.3, 0.4) is 0 Å². The molecule has 0 unspecified atom stereocenters. The highest BCUT2D eigenvalue weighted by atomic mass is 16.6. The van der Waals surface area contributed by atoms with Gasteiger partial charge in [-0.05, 0) is 18.6 Å². The maximum absolute atomic E-state index is 11.5. The lowest BCUT2D eigenvalue weighted by atomic mass is 10.2. The Morgan fingerprint density at radius 3 is 3.00 bits per heavy atom. The lowest BCUT2D eigenvalue weighted by Crippen LogP contribution is -2.05. The van der Waals surface area contributed by atoms with E-state index in [1.165, 1.54) is 0 Å². The van der Waals surface area contributed by atoms with Crippen molar-refractivity contribution in [3.8, 4) is 6.08 Å². The molecule has 0 fully saturated rings. The minimum atomic E-state index is -0.410. The number of fused-ring (bicyclic) bond motifs is 1. The maximum atomic E-state index is 11.5. The largest absolute Gasteiger partial charge is 0.450 e. The molecule has 15 heavy (non-hydrogen) atoms. The van der Waals surface area contributed by atoms with Crippen LogP contribution in [-0.2, 0) is 0 Å². The highest BCUT2D eigenvalue weighted by molar-refractivity contribution is 5.76. The molecule has 0 saturated carbocycles. The summed E-state index contributed by atoms with van der Waals surface area (Å²) in [5, 5.41) is 0.473. The summed E-state index contributed by atoms with van der Waals surface area (Å²) >= 11 is 0. The molecule has 2 aromatic rings. The number of para-hydroxylation sites is 1. The lowest BCUT2D eigenvalue weighted by molar-refractivity contribution is 0.217. The summed E-state index contributed by atoms with van der Waals surface area (Å²) in [6.45, 7) is 2.47. The number of aromatic nitrogens is 1. The quantitative estimate of drug-likeness (QED) is 0.768. The van der Waals surface area contributed by atoms with Crippen molar-refractivity contribution < 1.29 is 9.15 Å². The molecule has 1 heterocycles. The standard InChI is InChI=1S/C11H11NO3/c1-2-7-14-11-12-9-6-4-3-5-8(9)10(13)15-11/h3-6H,2,7H2,1H3. The van der Waals surface area contributed by atoms with Gasteiger partial charge in [0.05, 0.1) is 17.5 Å². The normalized spacial score (nSPS) is 10.5. The molecule has 0 N–H and O–H groups in total. The van der Waals surface area contributed by atoms with Gasteiger partial charge in [0.25, 0.3) is 0 Å². The van der Waals surface area contributed by atoms with Crippen molar-refractivity contribution >= 4 is 10.9 Å². The Labute approximate surface area is 86.5 Å². The van der Waals surface area contributed by atoms with Crippen molar-refractivity contribution in [2.24, 2.45) is 0 Å². The molecular weight excluding hydrogens is 194 g/mol. The predicted molar refractivity (Wildman–Crippen MR) is 56.1 cm³/mol. The van der Waals surface area contributed by atoms with Crippen LogP contribution < -0.4 is 10.4 Å². The van der Waals surface area contributed by atoms with Gasteiger partial charge in [0.2, 0.25) is 0 Å². The second kappa shape index (κ2) is 4.13. The van der Waals surface area contributed by atoms with Crippen molar-refractivity contribution in [3.63, 3.8) is 0 Å². The zero-order chi connectivity index (χ0) is 10.7. The molecule has 1 aromatic carbocycles. The molecule has 2 rings (SSSR count). The van der Waals surface area contributed by atoms with Crippen LogP contribution in [0.4, 0.5) is 0 Å². The van der Waals surface area contributed by atoms with E-state index in [1.807, 2.05) is 13.0 Å². The molecule has 0 saturated heterocycles. The van der Waals surface area contributed by atoms with E-state index in [9.17, 15) is 4.79 Å². The summed E-state index contributed by atoms with van der Waals surface area (Å²) in [5.74, 6) is 0. The van der Waals surface area contributed by atoms with Crippen LogP contribution in [0.15, 0.2) is 33.5 Å². The molecule has 4 heteroatoms. The number of ether oxygens (including phenoxy) is 1. The van der Waals surface area contributed by atoms with Crippen LogP contribution in [0.25, 0.3) is 10.9 Å². The first kappa shape index (κ1) is 9.71. The average molecular weight is 205 g/mol. The molecule has 0 atom stereocenters. The van der Waals surface area contributed by atoms with E-state index >= 15 is 0 Å². The van der Waals surface area contributed by atoms with E-state index in [2.05, 4.69) is 4.98 Å². The van der Waals surface area contributed by atoms with E-state index in [-0.39, 0.29) is 6.08 Å². The van der Waals surface area contributed by atoms with Crippen molar-refractivity contribution in [2.45, 2.75) is 13.3 Å². The number of rotatable bonds is 3. The summed E-state index contributed by atoms with van der Waals surface area (Å²) in [6.07, 6.45) is 0.888. The van der Waals surface area contributed by atoms with Gasteiger partial charge < -0.3 is 9.15 Å². The van der Waals surface area contributed by atoms with Gasteiger partial charge in [-0.2, -0.15) is 4.98 Å². The van der Waals surface area contributed by atoms with Crippen molar-refractivity contribution in [3.05, 3.63) is 34.7 Å². The van der Waals surface area contributed by atoms with Gasteiger partial charge in [-0.3, -0.25) is 0 Å². The van der Waals surface area contributed by atoms with Gasteiger partial charge >= 0.3 is 11.7 Å². The minimum Gasteiger partial charge on any atom is -0.450 e. The lowest BCUT2D eigenvalue weighted by Gasteiger charge is -2.01. The third-order valence-electron chi connectivity index (χ3n) is 1.95. The predicted octanol–water partition coefficient (Wildman–Crippen LogP) is 1.98. The van der Waals surface area contributed by atoms with Gasteiger partial charge in [-0.25, -0.2) is 4.79 Å². The Morgan fingerprint density at radius 2 is 2.20 bits per heavy atom. The third kappa shape index (κ3) is 1.98. The van der Waals surface area contributed by atoms with E-state index < -0.39 is 5.63 Å². The summed E-state index contributed by atoms with van der Waals surface area (Å²) in [6, 6.07) is 7.02. The van der Waals surface area contributed by atoms with Gasteiger partial charge in [-0.1, -0.05) is 19.1 Å². The monoisotopic (exact) mass is 205 g/mol. The highest BCUT2D eigenvalue weighted by Crippen LogP contribution is 2.11. The van der Waals surface area contributed by atoms with Crippen LogP contribution in [0.2, 0.25) is 0 Å². The molecule has 4 nitrogen and oxygen atoms in total. The van der Waals surface area contributed by atoms with E-state index in [0.29, 0.717) is 17.5 Å². The van der Waals surface area contributed by atoms with E-state index in [4.69, 9.17) is 9.15 Å². The first-order chi connectivity index (χ1) is 7.31. The minimum absolute atomic E-state index is 0.0422. The summed E-state index contributed by atoms with van der Waals surface area (Å²) < 4.78 is 10.1. The van der Waals surface area contributed by atoms with Crippen molar-refractivity contribution in [2.75, 3.05) is 6.61 Å². The average Bonchev–Trinajstić information content (AvgIpc) is 2.26. The zero-order valence-corrected chi connectivity index (χ0v) is 8.40. The van der Waals surface area contributed by atoms with E-state index in [1.54, 1.807) is 18.2 Å². The topological polar surface area (TPSA) is 52.3 Å². The fourth-order valence-corrected chi connectivity index (χ4v) is 1.25. The fraction of sp³-hybridized carbons (Fsp3) is 0.273. The SMILES string of the molecule is CCCOc1nc2ccccc2c(=O)o1.